The molecule has 0 bridgehead atoms. The van der Waals surface area contributed by atoms with Gasteiger partial charge in [-0.25, -0.2) is 9.78 Å². The van der Waals surface area contributed by atoms with Gasteiger partial charge >= 0.3 is 5.97 Å². The lowest BCUT2D eigenvalue weighted by Crippen LogP contribution is -2.06. The van der Waals surface area contributed by atoms with Crippen LogP contribution in [0, 0.1) is 11.3 Å². The molecule has 0 aliphatic heterocycles. The van der Waals surface area contributed by atoms with Crippen molar-refractivity contribution in [2.75, 3.05) is 0 Å². The van der Waals surface area contributed by atoms with E-state index in [2.05, 4.69) is 72.4 Å². The van der Waals surface area contributed by atoms with Crippen LogP contribution in [0.5, 0.6) is 0 Å². The van der Waals surface area contributed by atoms with Crippen LogP contribution < -0.4 is 0 Å². The Kier molecular flexibility index (Phi) is 4.22. The van der Waals surface area contributed by atoms with E-state index in [0.717, 1.165) is 35.5 Å². The van der Waals surface area contributed by atoms with Crippen LogP contribution in [0.4, 0.5) is 0 Å². The fourth-order valence-corrected chi connectivity index (χ4v) is 5.31. The number of imidazole rings is 1. The molecule has 1 aliphatic carbocycles. The molecule has 0 amide bonds. The number of para-hydroxylation sites is 1. The highest BCUT2D eigenvalue weighted by molar-refractivity contribution is 6.09. The predicted octanol–water partition coefficient (Wildman–Crippen LogP) is 6.58. The van der Waals surface area contributed by atoms with Crippen LogP contribution in [-0.4, -0.2) is 25.2 Å². The van der Waals surface area contributed by atoms with E-state index in [1.165, 1.54) is 28.2 Å². The van der Waals surface area contributed by atoms with Gasteiger partial charge in [0.05, 0.1) is 16.6 Å². The first kappa shape index (κ1) is 20.0. The quantitative estimate of drug-likeness (QED) is 0.338. The Morgan fingerprint density at radius 3 is 2.45 bits per heavy atom. The lowest BCUT2D eigenvalue weighted by atomic mass is 10.1. The second-order valence-corrected chi connectivity index (χ2v) is 9.94. The first-order valence-electron chi connectivity index (χ1n) is 11.6. The van der Waals surface area contributed by atoms with E-state index in [1.54, 1.807) is 12.1 Å². The molecule has 166 valence electrons. The van der Waals surface area contributed by atoms with Gasteiger partial charge in [-0.2, -0.15) is 0 Å². The highest BCUT2D eigenvalue weighted by atomic mass is 16.4. The summed E-state index contributed by atoms with van der Waals surface area (Å²) in [4.78, 5) is 16.5. The third-order valence-corrected chi connectivity index (χ3v) is 7.46. The number of hydrogen-bond donors (Lipinski definition) is 1. The number of carbonyl (C=O) groups is 1. The van der Waals surface area contributed by atoms with Gasteiger partial charge in [-0.1, -0.05) is 32.0 Å². The Labute approximate surface area is 192 Å². The molecule has 3 aromatic carbocycles. The van der Waals surface area contributed by atoms with E-state index in [4.69, 9.17) is 4.98 Å². The molecule has 2 heterocycles. The van der Waals surface area contributed by atoms with E-state index in [9.17, 15) is 9.90 Å². The van der Waals surface area contributed by atoms with Crippen molar-refractivity contribution in [1.82, 2.24) is 14.1 Å². The second-order valence-electron chi connectivity index (χ2n) is 9.94. The summed E-state index contributed by atoms with van der Waals surface area (Å²) < 4.78 is 4.64. The van der Waals surface area contributed by atoms with Crippen LogP contribution in [0.15, 0.2) is 60.7 Å². The van der Waals surface area contributed by atoms with Gasteiger partial charge < -0.3 is 14.2 Å². The number of benzene rings is 3. The maximum Gasteiger partial charge on any atom is 0.335 e. The monoisotopic (exact) mass is 437 g/mol. The molecule has 1 unspecified atom stereocenters. The van der Waals surface area contributed by atoms with Crippen LogP contribution in [0.1, 0.15) is 37.6 Å². The largest absolute Gasteiger partial charge is 0.478 e. The van der Waals surface area contributed by atoms with E-state index in [0.29, 0.717) is 11.3 Å². The van der Waals surface area contributed by atoms with Crippen molar-refractivity contribution in [3.8, 4) is 11.4 Å². The summed E-state index contributed by atoms with van der Waals surface area (Å²) in [5.41, 5.74) is 5.87. The topological polar surface area (TPSA) is 60.1 Å². The third kappa shape index (κ3) is 3.06. The van der Waals surface area contributed by atoms with Crippen molar-refractivity contribution in [3.05, 3.63) is 66.2 Å². The molecule has 33 heavy (non-hydrogen) atoms. The van der Waals surface area contributed by atoms with Crippen LogP contribution in [0.25, 0.3) is 44.2 Å². The number of carboxylic acids is 1. The van der Waals surface area contributed by atoms with Crippen LogP contribution in [0.3, 0.4) is 0 Å². The Morgan fingerprint density at radius 2 is 1.73 bits per heavy atom. The Bertz CT molecular complexity index is 1570. The van der Waals surface area contributed by atoms with Crippen molar-refractivity contribution in [2.45, 2.75) is 40.3 Å². The molecule has 0 saturated heterocycles. The van der Waals surface area contributed by atoms with Gasteiger partial charge in [0.2, 0.25) is 0 Å². The maximum atomic E-state index is 11.5. The van der Waals surface area contributed by atoms with Gasteiger partial charge in [0.1, 0.15) is 5.82 Å². The first-order chi connectivity index (χ1) is 15.9. The summed E-state index contributed by atoms with van der Waals surface area (Å²) in [5, 5.41) is 11.9. The van der Waals surface area contributed by atoms with Gasteiger partial charge in [-0.15, -0.1) is 0 Å². The molecule has 1 aliphatic rings. The molecule has 1 atom stereocenters. The number of aromatic carboxylic acids is 1. The molecule has 0 spiro atoms. The summed E-state index contributed by atoms with van der Waals surface area (Å²) in [7, 11) is 0. The summed E-state index contributed by atoms with van der Waals surface area (Å²) in [6.07, 6.45) is 1.20. The van der Waals surface area contributed by atoms with Gasteiger partial charge in [0.15, 0.2) is 0 Å². The average Bonchev–Trinajstić information content (AvgIpc) is 3.14. The highest BCUT2D eigenvalue weighted by Gasteiger charge is 2.45. The Hall–Kier alpha value is -3.60. The third-order valence-electron chi connectivity index (χ3n) is 7.46. The highest BCUT2D eigenvalue weighted by Crippen LogP contribution is 2.53. The zero-order chi connectivity index (χ0) is 22.9. The van der Waals surface area contributed by atoms with Gasteiger partial charge in [0, 0.05) is 40.5 Å². The first-order valence-corrected chi connectivity index (χ1v) is 11.6. The molecule has 0 radical (unpaired) electrons. The Morgan fingerprint density at radius 1 is 1.00 bits per heavy atom. The number of aryl methyl sites for hydroxylation is 1. The fourth-order valence-electron chi connectivity index (χ4n) is 5.31. The standard InChI is InChI=1S/C28H27N3O2/c1-4-30-23-8-6-5-7-20(23)21-13-17(9-11-24(21)30)26-29-22-14-18(27(32)33)10-12-25(22)31(26)16-19-15-28(19,2)3/h5-14,19H,4,15-16H2,1-3H3,(H,32,33). The lowest BCUT2D eigenvalue weighted by molar-refractivity contribution is 0.0697. The normalized spacial score (nSPS) is 17.2. The van der Waals surface area contributed by atoms with Gasteiger partial charge in [-0.3, -0.25) is 0 Å². The molecule has 2 aromatic heterocycles. The van der Waals surface area contributed by atoms with Crippen LogP contribution in [-0.2, 0) is 13.1 Å². The summed E-state index contributed by atoms with van der Waals surface area (Å²) in [6, 6.07) is 20.4. The van der Waals surface area contributed by atoms with E-state index in [1.807, 2.05) is 6.07 Å². The summed E-state index contributed by atoms with van der Waals surface area (Å²) in [6.45, 7) is 8.60. The average molecular weight is 438 g/mol. The zero-order valence-corrected chi connectivity index (χ0v) is 19.2. The minimum atomic E-state index is -0.926. The van der Waals surface area contributed by atoms with Crippen molar-refractivity contribution in [1.29, 1.82) is 0 Å². The van der Waals surface area contributed by atoms with Crippen molar-refractivity contribution in [3.63, 3.8) is 0 Å². The molecule has 5 aromatic rings. The van der Waals surface area contributed by atoms with E-state index in [-0.39, 0.29) is 5.56 Å². The smallest absolute Gasteiger partial charge is 0.335 e. The number of fused-ring (bicyclic) bond motifs is 4. The maximum absolute atomic E-state index is 11.5. The summed E-state index contributed by atoms with van der Waals surface area (Å²) >= 11 is 0. The molecular weight excluding hydrogens is 410 g/mol. The molecule has 1 N–H and O–H groups in total. The molecule has 5 heteroatoms. The van der Waals surface area contributed by atoms with E-state index >= 15 is 0 Å². The lowest BCUT2D eigenvalue weighted by Gasteiger charge is -2.11. The van der Waals surface area contributed by atoms with Crippen molar-refractivity contribution in [2.24, 2.45) is 11.3 Å². The minimum absolute atomic E-state index is 0.270. The van der Waals surface area contributed by atoms with Crippen molar-refractivity contribution >= 4 is 38.8 Å². The molecular formula is C28H27N3O2. The predicted molar refractivity (Wildman–Crippen MR) is 133 cm³/mol. The minimum Gasteiger partial charge on any atom is -0.478 e. The zero-order valence-electron chi connectivity index (χ0n) is 19.2. The number of rotatable bonds is 5. The number of hydrogen-bond acceptors (Lipinski definition) is 2. The molecule has 6 rings (SSSR count). The van der Waals surface area contributed by atoms with Crippen molar-refractivity contribution < 1.29 is 9.90 Å². The number of carboxylic acid groups (broad SMARTS) is 1. The molecule has 5 nitrogen and oxygen atoms in total. The van der Waals surface area contributed by atoms with Crippen LogP contribution >= 0.6 is 0 Å². The number of aromatic nitrogens is 3. The summed E-state index contributed by atoms with van der Waals surface area (Å²) in [5.74, 6) is 0.578. The number of nitrogens with zero attached hydrogens (tertiary/aromatic N) is 3. The van der Waals surface area contributed by atoms with Gasteiger partial charge in [0.25, 0.3) is 0 Å². The molecule has 1 fully saturated rings. The SMILES string of the molecule is CCn1c2ccccc2c2cc(-c3nc4cc(C(=O)O)ccc4n3CC3CC3(C)C)ccc21. The van der Waals surface area contributed by atoms with E-state index < -0.39 is 5.97 Å². The molecule has 1 saturated carbocycles. The fraction of sp³-hybridized carbons (Fsp3) is 0.286. The van der Waals surface area contributed by atoms with Gasteiger partial charge in [-0.05, 0) is 67.1 Å². The van der Waals surface area contributed by atoms with Crippen LogP contribution in [0.2, 0.25) is 0 Å². The Balaban J connectivity index is 1.58. The second kappa shape index (κ2) is 6.95.